The highest BCUT2D eigenvalue weighted by Crippen LogP contribution is 2.39. The number of nitrogens with one attached hydrogen (secondary N) is 1. The molecule has 0 saturated heterocycles. The Balaban J connectivity index is 1.88. The summed E-state index contributed by atoms with van der Waals surface area (Å²) in [6, 6.07) is 9.16. The van der Waals surface area contributed by atoms with Crippen LogP contribution in [0, 0.1) is 6.92 Å². The number of hydrogen-bond donors (Lipinski definition) is 1. The molecule has 1 aromatic carbocycles. The van der Waals surface area contributed by atoms with Gasteiger partial charge in [-0.05, 0) is 77.5 Å². The highest BCUT2D eigenvalue weighted by molar-refractivity contribution is 9.11. The molecule has 1 aromatic heterocycles. The van der Waals surface area contributed by atoms with Crippen LogP contribution in [-0.4, -0.2) is 0 Å². The number of anilines is 1. The lowest BCUT2D eigenvalue weighted by molar-refractivity contribution is 0.608. The number of benzene rings is 1. The molecular formula is C15H15Br2NS. The zero-order valence-electron chi connectivity index (χ0n) is 10.7. The fraction of sp³-hybridized carbons (Fsp3) is 0.333. The lowest BCUT2D eigenvalue weighted by Crippen LogP contribution is -2.16. The number of aryl methyl sites for hydroxylation is 2. The van der Waals surface area contributed by atoms with Gasteiger partial charge in [-0.15, -0.1) is 11.3 Å². The second-order valence-electron chi connectivity index (χ2n) is 4.98. The molecule has 100 valence electrons. The Morgan fingerprint density at radius 3 is 2.89 bits per heavy atom. The summed E-state index contributed by atoms with van der Waals surface area (Å²) in [6.45, 7) is 2.15. The van der Waals surface area contributed by atoms with Crippen LogP contribution in [-0.2, 0) is 6.42 Å². The lowest BCUT2D eigenvalue weighted by Gasteiger charge is -2.25. The van der Waals surface area contributed by atoms with Crippen LogP contribution in [0.25, 0.3) is 0 Å². The van der Waals surface area contributed by atoms with Gasteiger partial charge in [0.15, 0.2) is 0 Å². The summed E-state index contributed by atoms with van der Waals surface area (Å²) in [5.74, 6) is 0. The van der Waals surface area contributed by atoms with E-state index in [0.717, 1.165) is 4.47 Å². The second-order valence-corrected chi connectivity index (χ2v) is 8.41. The zero-order valence-corrected chi connectivity index (χ0v) is 14.7. The molecule has 1 aliphatic carbocycles. The Morgan fingerprint density at radius 2 is 2.11 bits per heavy atom. The summed E-state index contributed by atoms with van der Waals surface area (Å²) in [6.07, 6.45) is 3.71. The molecule has 4 heteroatoms. The smallest absolute Gasteiger partial charge is 0.0705 e. The van der Waals surface area contributed by atoms with Crippen molar-refractivity contribution in [1.82, 2.24) is 0 Å². The summed E-state index contributed by atoms with van der Waals surface area (Å²) in [4.78, 5) is 1.53. The van der Waals surface area contributed by atoms with Crippen LogP contribution < -0.4 is 5.32 Å². The van der Waals surface area contributed by atoms with Crippen molar-refractivity contribution < 1.29 is 0 Å². The van der Waals surface area contributed by atoms with Gasteiger partial charge in [-0.25, -0.2) is 0 Å². The van der Waals surface area contributed by atoms with Crippen LogP contribution in [0.2, 0.25) is 0 Å². The second kappa shape index (κ2) is 5.58. The minimum Gasteiger partial charge on any atom is -0.378 e. The number of hydrogen-bond acceptors (Lipinski definition) is 2. The average molecular weight is 401 g/mol. The lowest BCUT2D eigenvalue weighted by atomic mass is 9.93. The molecule has 0 radical (unpaired) electrons. The Morgan fingerprint density at radius 1 is 1.26 bits per heavy atom. The van der Waals surface area contributed by atoms with Gasteiger partial charge >= 0.3 is 0 Å². The molecule has 1 atom stereocenters. The molecule has 0 bridgehead atoms. The van der Waals surface area contributed by atoms with Gasteiger partial charge in [-0.2, -0.15) is 0 Å². The van der Waals surface area contributed by atoms with Crippen LogP contribution in [0.4, 0.5) is 5.69 Å². The van der Waals surface area contributed by atoms with E-state index < -0.39 is 0 Å². The van der Waals surface area contributed by atoms with Crippen molar-refractivity contribution in [2.75, 3.05) is 5.32 Å². The summed E-state index contributed by atoms with van der Waals surface area (Å²) >= 11 is 9.01. The van der Waals surface area contributed by atoms with E-state index in [1.807, 2.05) is 11.3 Å². The van der Waals surface area contributed by atoms with Gasteiger partial charge < -0.3 is 5.32 Å². The van der Waals surface area contributed by atoms with Crippen LogP contribution in [0.3, 0.4) is 0 Å². The Labute approximate surface area is 134 Å². The molecule has 0 fully saturated rings. The first-order valence-corrected chi connectivity index (χ1v) is 8.84. The van der Waals surface area contributed by atoms with E-state index in [1.54, 1.807) is 0 Å². The summed E-state index contributed by atoms with van der Waals surface area (Å²) in [7, 11) is 0. The number of rotatable bonds is 2. The van der Waals surface area contributed by atoms with Crippen molar-refractivity contribution in [2.45, 2.75) is 32.2 Å². The molecule has 0 aliphatic heterocycles. The van der Waals surface area contributed by atoms with Crippen molar-refractivity contribution in [2.24, 2.45) is 0 Å². The molecule has 1 unspecified atom stereocenters. The molecule has 19 heavy (non-hydrogen) atoms. The molecule has 3 rings (SSSR count). The van der Waals surface area contributed by atoms with Crippen LogP contribution in [0.5, 0.6) is 0 Å². The van der Waals surface area contributed by atoms with Gasteiger partial charge in [0.05, 0.1) is 9.83 Å². The van der Waals surface area contributed by atoms with E-state index in [2.05, 4.69) is 68.4 Å². The van der Waals surface area contributed by atoms with E-state index in [0.29, 0.717) is 6.04 Å². The van der Waals surface area contributed by atoms with Crippen LogP contribution in [0.1, 0.15) is 34.9 Å². The summed E-state index contributed by atoms with van der Waals surface area (Å²) < 4.78 is 2.39. The molecule has 0 saturated carbocycles. The van der Waals surface area contributed by atoms with Gasteiger partial charge in [-0.1, -0.05) is 15.9 Å². The number of thiophene rings is 1. The molecule has 1 nitrogen and oxygen atoms in total. The van der Waals surface area contributed by atoms with E-state index in [9.17, 15) is 0 Å². The molecule has 1 aliphatic rings. The molecule has 1 heterocycles. The van der Waals surface area contributed by atoms with Crippen molar-refractivity contribution in [3.8, 4) is 0 Å². The minimum atomic E-state index is 0.450. The Bertz CT molecular complexity index is 606. The highest BCUT2D eigenvalue weighted by Gasteiger charge is 2.22. The first-order valence-electron chi connectivity index (χ1n) is 6.44. The van der Waals surface area contributed by atoms with Crippen LogP contribution in [0.15, 0.2) is 32.5 Å². The van der Waals surface area contributed by atoms with E-state index in [-0.39, 0.29) is 0 Å². The SMILES string of the molecule is Cc1cc(Br)ccc1NC1CCCc2sc(Br)cc21. The van der Waals surface area contributed by atoms with E-state index >= 15 is 0 Å². The standard InChI is InChI=1S/C15H15Br2NS/c1-9-7-10(16)5-6-12(9)18-13-3-2-4-14-11(13)8-15(17)19-14/h5-8,13,18H,2-4H2,1H3. The topological polar surface area (TPSA) is 12.0 Å². The summed E-state index contributed by atoms with van der Waals surface area (Å²) in [5.41, 5.74) is 4.00. The highest BCUT2D eigenvalue weighted by atomic mass is 79.9. The summed E-state index contributed by atoms with van der Waals surface area (Å²) in [5, 5.41) is 3.71. The maximum Gasteiger partial charge on any atom is 0.0705 e. The van der Waals surface area contributed by atoms with Crippen molar-refractivity contribution in [3.63, 3.8) is 0 Å². The van der Waals surface area contributed by atoms with Gasteiger partial charge in [0, 0.05) is 15.0 Å². The first-order chi connectivity index (χ1) is 9.13. The first kappa shape index (κ1) is 13.7. The van der Waals surface area contributed by atoms with E-state index in [4.69, 9.17) is 0 Å². The third kappa shape index (κ3) is 2.91. The molecule has 0 spiro atoms. The van der Waals surface area contributed by atoms with Gasteiger partial charge in [-0.3, -0.25) is 0 Å². The maximum absolute atomic E-state index is 3.71. The normalized spacial score (nSPS) is 18.2. The monoisotopic (exact) mass is 399 g/mol. The largest absolute Gasteiger partial charge is 0.378 e. The van der Waals surface area contributed by atoms with Gasteiger partial charge in [0.1, 0.15) is 0 Å². The molecular weight excluding hydrogens is 386 g/mol. The van der Waals surface area contributed by atoms with Gasteiger partial charge in [0.25, 0.3) is 0 Å². The minimum absolute atomic E-state index is 0.450. The third-order valence-electron chi connectivity index (χ3n) is 3.60. The third-order valence-corrected chi connectivity index (χ3v) is 5.81. The van der Waals surface area contributed by atoms with E-state index in [1.165, 1.54) is 44.7 Å². The number of fused-ring (bicyclic) bond motifs is 1. The molecule has 1 N–H and O–H groups in total. The fourth-order valence-corrected chi connectivity index (χ4v) is 4.94. The number of halogens is 2. The van der Waals surface area contributed by atoms with Crippen molar-refractivity contribution in [3.05, 3.63) is 48.5 Å². The predicted octanol–water partition coefficient (Wildman–Crippen LogP) is 6.07. The molecule has 2 aromatic rings. The molecule has 0 amide bonds. The van der Waals surface area contributed by atoms with Gasteiger partial charge in [0.2, 0.25) is 0 Å². The quantitative estimate of drug-likeness (QED) is 0.644. The Hall–Kier alpha value is -0.320. The maximum atomic E-state index is 3.71. The average Bonchev–Trinajstić information content (AvgIpc) is 2.74. The Kier molecular flexibility index (Phi) is 4.01. The van der Waals surface area contributed by atoms with Crippen molar-refractivity contribution in [1.29, 1.82) is 0 Å². The van der Waals surface area contributed by atoms with Crippen LogP contribution >= 0.6 is 43.2 Å². The predicted molar refractivity (Wildman–Crippen MR) is 90.2 cm³/mol. The fourth-order valence-electron chi connectivity index (χ4n) is 2.65. The van der Waals surface area contributed by atoms with Crippen molar-refractivity contribution >= 4 is 48.9 Å². The zero-order chi connectivity index (χ0) is 13.4.